The van der Waals surface area contributed by atoms with Crippen molar-refractivity contribution in [2.45, 2.75) is 32.4 Å². The monoisotopic (exact) mass is 247 g/mol. The number of nitrogens with zero attached hydrogens (tertiary/aromatic N) is 1. The normalized spacial score (nSPS) is 20.6. The van der Waals surface area contributed by atoms with E-state index in [2.05, 4.69) is 48.3 Å². The van der Waals surface area contributed by atoms with Crippen LogP contribution in [0.5, 0.6) is 0 Å². The quantitative estimate of drug-likeness (QED) is 0.850. The van der Waals surface area contributed by atoms with Crippen molar-refractivity contribution >= 4 is 0 Å². The lowest BCUT2D eigenvalue weighted by Crippen LogP contribution is -2.48. The van der Waals surface area contributed by atoms with Gasteiger partial charge in [0.2, 0.25) is 0 Å². The van der Waals surface area contributed by atoms with E-state index in [1.165, 1.54) is 11.1 Å². The number of aryl methyl sites for hydroxylation is 1. The molecule has 1 aliphatic heterocycles. The zero-order valence-electron chi connectivity index (χ0n) is 11.5. The molecule has 1 aromatic carbocycles. The van der Waals surface area contributed by atoms with Gasteiger partial charge in [-0.1, -0.05) is 29.8 Å². The minimum Gasteiger partial charge on any atom is -0.324 e. The molecule has 2 unspecified atom stereocenters. The second kappa shape index (κ2) is 6.32. The van der Waals surface area contributed by atoms with Gasteiger partial charge in [0, 0.05) is 38.3 Å². The van der Waals surface area contributed by atoms with Gasteiger partial charge in [-0.2, -0.15) is 0 Å². The molecule has 3 heteroatoms. The van der Waals surface area contributed by atoms with Gasteiger partial charge in [-0.3, -0.25) is 4.90 Å². The maximum Gasteiger partial charge on any atom is 0.0309 e. The van der Waals surface area contributed by atoms with Crippen LogP contribution in [0.3, 0.4) is 0 Å². The summed E-state index contributed by atoms with van der Waals surface area (Å²) in [6.07, 6.45) is 1.03. The first-order valence-corrected chi connectivity index (χ1v) is 6.93. The molecule has 0 aromatic heterocycles. The predicted octanol–water partition coefficient (Wildman–Crippen LogP) is 1.68. The van der Waals surface area contributed by atoms with E-state index in [-0.39, 0.29) is 6.04 Å². The SMILES string of the molecule is Cc1cccc(C(N)CC(C)N2CCNCC2)c1. The van der Waals surface area contributed by atoms with Crippen LogP contribution >= 0.6 is 0 Å². The molecule has 1 fully saturated rings. The van der Waals surface area contributed by atoms with E-state index in [0.717, 1.165) is 32.6 Å². The first kappa shape index (κ1) is 13.5. The maximum absolute atomic E-state index is 6.33. The molecule has 100 valence electrons. The molecule has 0 aliphatic carbocycles. The molecule has 0 radical (unpaired) electrons. The Bertz CT molecular complexity index is 372. The summed E-state index contributed by atoms with van der Waals surface area (Å²) in [7, 11) is 0. The summed E-state index contributed by atoms with van der Waals surface area (Å²) >= 11 is 0. The average molecular weight is 247 g/mol. The molecule has 0 bridgehead atoms. The van der Waals surface area contributed by atoms with Crippen LogP contribution in [0, 0.1) is 6.92 Å². The van der Waals surface area contributed by atoms with Gasteiger partial charge in [0.1, 0.15) is 0 Å². The molecule has 18 heavy (non-hydrogen) atoms. The van der Waals surface area contributed by atoms with E-state index in [1.54, 1.807) is 0 Å². The van der Waals surface area contributed by atoms with E-state index in [0.29, 0.717) is 6.04 Å². The molecule has 0 amide bonds. The van der Waals surface area contributed by atoms with Gasteiger partial charge in [-0.25, -0.2) is 0 Å². The van der Waals surface area contributed by atoms with Crippen molar-refractivity contribution in [1.82, 2.24) is 10.2 Å². The number of hydrogen-bond donors (Lipinski definition) is 2. The average Bonchev–Trinajstić information content (AvgIpc) is 2.39. The van der Waals surface area contributed by atoms with Crippen molar-refractivity contribution in [2.75, 3.05) is 26.2 Å². The summed E-state index contributed by atoms with van der Waals surface area (Å²) in [5.41, 5.74) is 8.88. The summed E-state index contributed by atoms with van der Waals surface area (Å²) in [6.45, 7) is 8.90. The fourth-order valence-corrected chi connectivity index (χ4v) is 2.68. The van der Waals surface area contributed by atoms with Gasteiger partial charge < -0.3 is 11.1 Å². The van der Waals surface area contributed by atoms with Gasteiger partial charge in [0.05, 0.1) is 0 Å². The Hall–Kier alpha value is -0.900. The highest BCUT2D eigenvalue weighted by molar-refractivity contribution is 5.24. The molecular formula is C15H25N3. The van der Waals surface area contributed by atoms with Crippen molar-refractivity contribution in [3.63, 3.8) is 0 Å². The number of nitrogens with two attached hydrogens (primary N) is 1. The fourth-order valence-electron chi connectivity index (χ4n) is 2.68. The van der Waals surface area contributed by atoms with Crippen LogP contribution in [0.2, 0.25) is 0 Å². The summed E-state index contributed by atoms with van der Waals surface area (Å²) in [5.74, 6) is 0. The van der Waals surface area contributed by atoms with Crippen LogP contribution < -0.4 is 11.1 Å². The molecule has 3 N–H and O–H groups in total. The summed E-state index contributed by atoms with van der Waals surface area (Å²) in [4.78, 5) is 2.53. The zero-order chi connectivity index (χ0) is 13.0. The molecule has 1 saturated heterocycles. The third-order valence-electron chi connectivity index (χ3n) is 3.84. The lowest BCUT2D eigenvalue weighted by atomic mass is 9.98. The predicted molar refractivity (Wildman–Crippen MR) is 76.6 cm³/mol. The molecule has 0 spiro atoms. The number of rotatable bonds is 4. The van der Waals surface area contributed by atoms with Crippen molar-refractivity contribution in [2.24, 2.45) is 5.73 Å². The van der Waals surface area contributed by atoms with Crippen molar-refractivity contribution in [3.8, 4) is 0 Å². The molecule has 1 aliphatic rings. The molecule has 2 rings (SSSR count). The number of nitrogens with one attached hydrogen (secondary N) is 1. The van der Waals surface area contributed by atoms with Crippen LogP contribution in [-0.2, 0) is 0 Å². The van der Waals surface area contributed by atoms with Crippen molar-refractivity contribution < 1.29 is 0 Å². The standard InChI is InChI=1S/C15H25N3/c1-12-4-3-5-14(10-12)15(16)11-13(2)18-8-6-17-7-9-18/h3-5,10,13,15,17H,6-9,11,16H2,1-2H3. The molecule has 1 heterocycles. The number of piperazine rings is 1. The Morgan fingerprint density at radius 1 is 1.33 bits per heavy atom. The van der Waals surface area contributed by atoms with Gasteiger partial charge in [0.25, 0.3) is 0 Å². The number of benzene rings is 1. The molecule has 2 atom stereocenters. The summed E-state index contributed by atoms with van der Waals surface area (Å²) in [5, 5.41) is 3.39. The highest BCUT2D eigenvalue weighted by atomic mass is 15.2. The van der Waals surface area contributed by atoms with Crippen LogP contribution in [0.25, 0.3) is 0 Å². The third-order valence-corrected chi connectivity index (χ3v) is 3.84. The lowest BCUT2D eigenvalue weighted by Gasteiger charge is -2.34. The van der Waals surface area contributed by atoms with Crippen molar-refractivity contribution in [3.05, 3.63) is 35.4 Å². The molecule has 1 aromatic rings. The molecule has 3 nitrogen and oxygen atoms in total. The Kier molecular flexibility index (Phi) is 4.75. The molecular weight excluding hydrogens is 222 g/mol. The highest BCUT2D eigenvalue weighted by Crippen LogP contribution is 2.19. The first-order chi connectivity index (χ1) is 8.66. The summed E-state index contributed by atoms with van der Waals surface area (Å²) in [6, 6.07) is 9.27. The van der Waals surface area contributed by atoms with Gasteiger partial charge in [-0.15, -0.1) is 0 Å². The van der Waals surface area contributed by atoms with E-state index in [9.17, 15) is 0 Å². The second-order valence-corrected chi connectivity index (χ2v) is 5.39. The zero-order valence-corrected chi connectivity index (χ0v) is 11.5. The Morgan fingerprint density at radius 2 is 2.06 bits per heavy atom. The minimum atomic E-state index is 0.148. The first-order valence-electron chi connectivity index (χ1n) is 6.93. The van der Waals surface area contributed by atoms with Gasteiger partial charge in [0.15, 0.2) is 0 Å². The van der Waals surface area contributed by atoms with E-state index >= 15 is 0 Å². The molecule has 0 saturated carbocycles. The van der Waals surface area contributed by atoms with Crippen molar-refractivity contribution in [1.29, 1.82) is 0 Å². The maximum atomic E-state index is 6.33. The Labute approximate surface area is 110 Å². The second-order valence-electron chi connectivity index (χ2n) is 5.39. The Morgan fingerprint density at radius 3 is 2.72 bits per heavy atom. The fraction of sp³-hybridized carbons (Fsp3) is 0.600. The van der Waals surface area contributed by atoms with E-state index in [1.807, 2.05) is 0 Å². The topological polar surface area (TPSA) is 41.3 Å². The van der Waals surface area contributed by atoms with Crippen LogP contribution in [0.1, 0.15) is 30.5 Å². The van der Waals surface area contributed by atoms with E-state index in [4.69, 9.17) is 5.73 Å². The third kappa shape index (κ3) is 3.55. The largest absolute Gasteiger partial charge is 0.324 e. The van der Waals surface area contributed by atoms with E-state index < -0.39 is 0 Å². The highest BCUT2D eigenvalue weighted by Gasteiger charge is 2.19. The minimum absolute atomic E-state index is 0.148. The Balaban J connectivity index is 1.91. The van der Waals surface area contributed by atoms with Crippen LogP contribution in [0.4, 0.5) is 0 Å². The van der Waals surface area contributed by atoms with Crippen LogP contribution in [0.15, 0.2) is 24.3 Å². The smallest absolute Gasteiger partial charge is 0.0309 e. The summed E-state index contributed by atoms with van der Waals surface area (Å²) < 4.78 is 0. The van der Waals surface area contributed by atoms with Crippen LogP contribution in [-0.4, -0.2) is 37.1 Å². The number of hydrogen-bond acceptors (Lipinski definition) is 3. The van der Waals surface area contributed by atoms with Gasteiger partial charge in [-0.05, 0) is 25.8 Å². The van der Waals surface area contributed by atoms with Gasteiger partial charge >= 0.3 is 0 Å². The lowest BCUT2D eigenvalue weighted by molar-refractivity contribution is 0.170.